The number of aryl methyl sites for hydroxylation is 1. The van der Waals surface area contributed by atoms with E-state index in [4.69, 9.17) is 10.7 Å². The van der Waals surface area contributed by atoms with E-state index in [1.54, 1.807) is 0 Å². The number of benzene rings is 1. The van der Waals surface area contributed by atoms with Gasteiger partial charge in [-0.25, -0.2) is 12.8 Å². The summed E-state index contributed by atoms with van der Waals surface area (Å²) in [6.45, 7) is 1.02. The van der Waals surface area contributed by atoms with Gasteiger partial charge in [-0.15, -0.1) is 0 Å². The van der Waals surface area contributed by atoms with Crippen molar-refractivity contribution in [1.29, 1.82) is 0 Å². The highest BCUT2D eigenvalue weighted by molar-refractivity contribution is 8.13. The molecule has 0 amide bonds. The van der Waals surface area contributed by atoms with Gasteiger partial charge in [-0.05, 0) is 24.6 Å². The summed E-state index contributed by atoms with van der Waals surface area (Å²) in [7, 11) is 0.465. The SMILES string of the molecule is Cc1cc(S(=O)(=O)Cl)c(F)cc1C(F)(F)F. The Morgan fingerprint density at radius 2 is 1.75 bits per heavy atom. The smallest absolute Gasteiger partial charge is 0.207 e. The summed E-state index contributed by atoms with van der Waals surface area (Å²) in [4.78, 5) is -0.959. The first-order valence-corrected chi connectivity index (χ1v) is 6.16. The molecule has 0 aromatic heterocycles. The first-order valence-electron chi connectivity index (χ1n) is 3.85. The fourth-order valence-electron chi connectivity index (χ4n) is 1.15. The zero-order chi connectivity index (χ0) is 12.7. The second-order valence-corrected chi connectivity index (χ2v) is 5.57. The van der Waals surface area contributed by atoms with Crippen molar-refractivity contribution in [3.8, 4) is 0 Å². The molecule has 16 heavy (non-hydrogen) atoms. The van der Waals surface area contributed by atoms with Crippen LogP contribution >= 0.6 is 10.7 Å². The standard InChI is InChI=1S/C8H5ClF4O2S/c1-4-2-7(16(9,14)15)6(10)3-5(4)8(11,12)13/h2-3H,1H3. The highest BCUT2D eigenvalue weighted by Gasteiger charge is 2.34. The van der Waals surface area contributed by atoms with Crippen molar-refractivity contribution in [2.75, 3.05) is 0 Å². The van der Waals surface area contributed by atoms with Crippen LogP contribution in [0.4, 0.5) is 17.6 Å². The van der Waals surface area contributed by atoms with Crippen LogP contribution in [0.1, 0.15) is 11.1 Å². The molecule has 0 unspecified atom stereocenters. The molecular formula is C8H5ClF4O2S. The van der Waals surface area contributed by atoms with Crippen molar-refractivity contribution in [2.45, 2.75) is 18.0 Å². The van der Waals surface area contributed by atoms with Gasteiger partial charge in [0.1, 0.15) is 10.7 Å². The lowest BCUT2D eigenvalue weighted by Gasteiger charge is -2.11. The van der Waals surface area contributed by atoms with Crippen LogP contribution in [0.25, 0.3) is 0 Å². The lowest BCUT2D eigenvalue weighted by atomic mass is 10.1. The predicted molar refractivity (Wildman–Crippen MR) is 49.2 cm³/mol. The second-order valence-electron chi connectivity index (χ2n) is 3.03. The topological polar surface area (TPSA) is 34.1 Å². The van der Waals surface area contributed by atoms with Gasteiger partial charge in [0.15, 0.2) is 0 Å². The normalized spacial score (nSPS) is 12.9. The van der Waals surface area contributed by atoms with E-state index >= 15 is 0 Å². The molecule has 0 aliphatic heterocycles. The molecule has 0 atom stereocenters. The third-order valence-electron chi connectivity index (χ3n) is 1.85. The molecular weight excluding hydrogens is 272 g/mol. The van der Waals surface area contributed by atoms with Crippen molar-refractivity contribution >= 4 is 19.7 Å². The molecule has 0 aliphatic rings. The number of alkyl halides is 3. The van der Waals surface area contributed by atoms with E-state index in [1.807, 2.05) is 0 Å². The average Bonchev–Trinajstić information content (AvgIpc) is 2.04. The summed E-state index contributed by atoms with van der Waals surface area (Å²) in [6, 6.07) is 0.672. The first-order chi connectivity index (χ1) is 7.03. The Morgan fingerprint density at radius 1 is 1.25 bits per heavy atom. The van der Waals surface area contributed by atoms with Gasteiger partial charge in [-0.1, -0.05) is 0 Å². The van der Waals surface area contributed by atoms with Crippen LogP contribution < -0.4 is 0 Å². The quantitative estimate of drug-likeness (QED) is 0.583. The van der Waals surface area contributed by atoms with E-state index in [-0.39, 0.29) is 6.07 Å². The summed E-state index contributed by atoms with van der Waals surface area (Å²) in [6.07, 6.45) is -4.74. The van der Waals surface area contributed by atoms with E-state index in [2.05, 4.69) is 0 Å². The zero-order valence-electron chi connectivity index (χ0n) is 7.77. The summed E-state index contributed by atoms with van der Waals surface area (Å²) in [5, 5.41) is 0. The molecule has 0 radical (unpaired) electrons. The Morgan fingerprint density at radius 3 is 2.12 bits per heavy atom. The molecule has 0 heterocycles. The van der Waals surface area contributed by atoms with E-state index in [0.717, 1.165) is 6.92 Å². The van der Waals surface area contributed by atoms with Gasteiger partial charge in [-0.2, -0.15) is 13.2 Å². The van der Waals surface area contributed by atoms with Crippen LogP contribution in [-0.2, 0) is 15.2 Å². The molecule has 1 rings (SSSR count). The van der Waals surface area contributed by atoms with Gasteiger partial charge in [0.2, 0.25) is 0 Å². The lowest BCUT2D eigenvalue weighted by molar-refractivity contribution is -0.138. The molecule has 0 saturated heterocycles. The van der Waals surface area contributed by atoms with Crippen LogP contribution in [0.5, 0.6) is 0 Å². The number of rotatable bonds is 1. The van der Waals surface area contributed by atoms with E-state index < -0.39 is 37.1 Å². The van der Waals surface area contributed by atoms with Crippen molar-refractivity contribution in [1.82, 2.24) is 0 Å². The fourth-order valence-corrected chi connectivity index (χ4v) is 2.11. The van der Waals surface area contributed by atoms with Crippen LogP contribution in [0, 0.1) is 12.7 Å². The molecule has 0 N–H and O–H groups in total. The maximum Gasteiger partial charge on any atom is 0.416 e. The van der Waals surface area contributed by atoms with Crippen molar-refractivity contribution in [3.05, 3.63) is 29.1 Å². The van der Waals surface area contributed by atoms with Gasteiger partial charge < -0.3 is 0 Å². The summed E-state index contributed by atoms with van der Waals surface area (Å²) >= 11 is 0. The maximum absolute atomic E-state index is 13.1. The number of halogens is 5. The van der Waals surface area contributed by atoms with E-state index in [9.17, 15) is 26.0 Å². The van der Waals surface area contributed by atoms with Crippen LogP contribution in [0.3, 0.4) is 0 Å². The minimum absolute atomic E-state index is 0.116. The molecule has 2 nitrogen and oxygen atoms in total. The van der Waals surface area contributed by atoms with Crippen molar-refractivity contribution < 1.29 is 26.0 Å². The van der Waals surface area contributed by atoms with Crippen LogP contribution in [-0.4, -0.2) is 8.42 Å². The molecule has 1 aromatic rings. The molecule has 1 aromatic carbocycles. The third-order valence-corrected chi connectivity index (χ3v) is 3.18. The minimum Gasteiger partial charge on any atom is -0.207 e. The third kappa shape index (κ3) is 2.65. The molecule has 90 valence electrons. The Bertz CT molecular complexity index is 522. The van der Waals surface area contributed by atoms with E-state index in [0.29, 0.717) is 6.07 Å². The van der Waals surface area contributed by atoms with Gasteiger partial charge in [-0.3, -0.25) is 0 Å². The van der Waals surface area contributed by atoms with Crippen molar-refractivity contribution in [2.24, 2.45) is 0 Å². The Balaban J connectivity index is 3.52. The molecule has 0 spiro atoms. The van der Waals surface area contributed by atoms with Gasteiger partial charge in [0.05, 0.1) is 5.56 Å². The van der Waals surface area contributed by atoms with Gasteiger partial charge in [0, 0.05) is 10.7 Å². The predicted octanol–water partition coefficient (Wildman–Crippen LogP) is 3.08. The van der Waals surface area contributed by atoms with Gasteiger partial charge >= 0.3 is 6.18 Å². The Kier molecular flexibility index (Phi) is 3.22. The largest absolute Gasteiger partial charge is 0.416 e. The molecule has 0 saturated carbocycles. The highest BCUT2D eigenvalue weighted by Crippen LogP contribution is 2.34. The maximum atomic E-state index is 13.1. The fraction of sp³-hybridized carbons (Fsp3) is 0.250. The Hall–Kier alpha value is -0.820. The van der Waals surface area contributed by atoms with Gasteiger partial charge in [0.25, 0.3) is 9.05 Å². The summed E-state index contributed by atoms with van der Waals surface area (Å²) < 4.78 is 71.6. The monoisotopic (exact) mass is 276 g/mol. The lowest BCUT2D eigenvalue weighted by Crippen LogP contribution is -2.10. The van der Waals surface area contributed by atoms with Crippen molar-refractivity contribution in [3.63, 3.8) is 0 Å². The van der Waals surface area contributed by atoms with Crippen LogP contribution in [0.2, 0.25) is 0 Å². The number of hydrogen-bond donors (Lipinski definition) is 0. The zero-order valence-corrected chi connectivity index (χ0v) is 9.34. The second kappa shape index (κ2) is 3.89. The molecule has 0 bridgehead atoms. The Labute approximate surface area is 93.3 Å². The van der Waals surface area contributed by atoms with Crippen LogP contribution in [0.15, 0.2) is 17.0 Å². The summed E-state index contributed by atoms with van der Waals surface area (Å²) in [5.41, 5.74) is -1.64. The first kappa shape index (κ1) is 13.2. The molecule has 0 fully saturated rings. The highest BCUT2D eigenvalue weighted by atomic mass is 35.7. The minimum atomic E-state index is -4.74. The molecule has 0 aliphatic carbocycles. The average molecular weight is 277 g/mol. The summed E-state index contributed by atoms with van der Waals surface area (Å²) in [5.74, 6) is -1.52. The number of hydrogen-bond acceptors (Lipinski definition) is 2. The molecule has 8 heteroatoms. The van der Waals surface area contributed by atoms with E-state index in [1.165, 1.54) is 0 Å².